The number of rotatable bonds is 4. The first-order valence-electron chi connectivity index (χ1n) is 5.35. The summed E-state index contributed by atoms with van der Waals surface area (Å²) in [6.45, 7) is 3.39. The molecule has 0 fully saturated rings. The Labute approximate surface area is 113 Å². The van der Waals surface area contributed by atoms with Crippen LogP contribution in [0.2, 0.25) is 0 Å². The maximum Gasteiger partial charge on any atom is 0.310 e. The molecule has 0 heterocycles. The Morgan fingerprint density at radius 2 is 1.94 bits per heavy atom. The van der Waals surface area contributed by atoms with E-state index in [1.807, 2.05) is 0 Å². The van der Waals surface area contributed by atoms with Crippen LogP contribution in [-0.4, -0.2) is 19.1 Å². The summed E-state index contributed by atoms with van der Waals surface area (Å²) < 4.78 is 31.3. The lowest BCUT2D eigenvalue weighted by Crippen LogP contribution is -2.31. The fourth-order valence-corrected chi connectivity index (χ4v) is 1.74. The van der Waals surface area contributed by atoms with Crippen LogP contribution in [0.5, 0.6) is 0 Å². The zero-order valence-corrected chi connectivity index (χ0v) is 11.8. The number of anilines is 1. The number of hydrogen-bond donors (Lipinski definition) is 1. The maximum atomic E-state index is 13.5. The minimum absolute atomic E-state index is 0.131. The van der Waals surface area contributed by atoms with Crippen molar-refractivity contribution in [3.05, 3.63) is 28.2 Å². The van der Waals surface area contributed by atoms with E-state index in [0.717, 1.165) is 6.07 Å². The quantitative estimate of drug-likeness (QED) is 0.682. The third-order valence-electron chi connectivity index (χ3n) is 2.72. The molecule has 1 rings (SSSR count). The summed E-state index contributed by atoms with van der Waals surface area (Å²) in [5, 5.41) is 2.82. The Hall–Kier alpha value is -1.17. The van der Waals surface area contributed by atoms with E-state index in [0.29, 0.717) is 0 Å². The molecular formula is C12H14BrF2NO2. The minimum atomic E-state index is -0.709. The summed E-state index contributed by atoms with van der Waals surface area (Å²) in [6.07, 6.45) is 0. The second kappa shape index (κ2) is 6.13. The molecular weight excluding hydrogens is 308 g/mol. The van der Waals surface area contributed by atoms with Gasteiger partial charge in [-0.15, -0.1) is 0 Å². The van der Waals surface area contributed by atoms with Gasteiger partial charge in [-0.05, 0) is 35.8 Å². The molecule has 0 aromatic heterocycles. The predicted molar refractivity (Wildman–Crippen MR) is 68.3 cm³/mol. The summed E-state index contributed by atoms with van der Waals surface area (Å²) in [6, 6.07) is 1.73. The van der Waals surface area contributed by atoms with Crippen molar-refractivity contribution in [2.24, 2.45) is 5.92 Å². The van der Waals surface area contributed by atoms with Gasteiger partial charge < -0.3 is 10.1 Å². The highest BCUT2D eigenvalue weighted by Gasteiger charge is 2.22. The number of hydrogen-bond acceptors (Lipinski definition) is 3. The Balaban J connectivity index is 2.85. The van der Waals surface area contributed by atoms with E-state index >= 15 is 0 Å². The van der Waals surface area contributed by atoms with Crippen LogP contribution in [0.3, 0.4) is 0 Å². The summed E-state index contributed by atoms with van der Waals surface area (Å²) in [4.78, 5) is 11.3. The van der Waals surface area contributed by atoms with Gasteiger partial charge in [-0.25, -0.2) is 8.78 Å². The number of benzene rings is 1. The Bertz CT molecular complexity index is 454. The van der Waals surface area contributed by atoms with Crippen LogP contribution in [-0.2, 0) is 9.53 Å². The largest absolute Gasteiger partial charge is 0.469 e. The number of nitrogens with one attached hydrogen (secondary N) is 1. The molecule has 1 aromatic carbocycles. The normalized spacial score (nSPS) is 13.9. The van der Waals surface area contributed by atoms with Crippen LogP contribution in [0.15, 0.2) is 16.6 Å². The topological polar surface area (TPSA) is 38.3 Å². The summed E-state index contributed by atoms with van der Waals surface area (Å²) in [7, 11) is 1.29. The maximum absolute atomic E-state index is 13.5. The first-order valence-corrected chi connectivity index (χ1v) is 6.15. The number of methoxy groups -OCH3 is 1. The Kier molecular flexibility index (Phi) is 5.07. The van der Waals surface area contributed by atoms with Crippen LogP contribution in [0.1, 0.15) is 13.8 Å². The molecule has 0 aliphatic rings. The van der Waals surface area contributed by atoms with E-state index in [1.165, 1.54) is 13.2 Å². The molecule has 3 nitrogen and oxygen atoms in total. The monoisotopic (exact) mass is 321 g/mol. The number of carbonyl (C=O) groups is 1. The van der Waals surface area contributed by atoms with Crippen molar-refractivity contribution in [1.82, 2.24) is 0 Å². The van der Waals surface area contributed by atoms with E-state index in [2.05, 4.69) is 26.0 Å². The van der Waals surface area contributed by atoms with Crippen molar-refractivity contribution < 1.29 is 18.3 Å². The van der Waals surface area contributed by atoms with Gasteiger partial charge in [-0.2, -0.15) is 0 Å². The number of ether oxygens (including phenoxy) is 1. The predicted octanol–water partition coefficient (Wildman–Crippen LogP) is 3.34. The van der Waals surface area contributed by atoms with Crippen LogP contribution in [0.4, 0.5) is 14.5 Å². The molecule has 0 radical (unpaired) electrons. The molecule has 100 valence electrons. The van der Waals surface area contributed by atoms with E-state index < -0.39 is 23.5 Å². The highest BCUT2D eigenvalue weighted by molar-refractivity contribution is 9.10. The first-order chi connectivity index (χ1) is 8.36. The van der Waals surface area contributed by atoms with Crippen LogP contribution >= 0.6 is 15.9 Å². The first kappa shape index (κ1) is 14.9. The average Bonchev–Trinajstić information content (AvgIpc) is 2.33. The fraction of sp³-hybridized carbons (Fsp3) is 0.417. The average molecular weight is 322 g/mol. The van der Waals surface area contributed by atoms with E-state index in [9.17, 15) is 13.6 Å². The highest BCUT2D eigenvalue weighted by atomic mass is 79.9. The van der Waals surface area contributed by atoms with Gasteiger partial charge in [-0.3, -0.25) is 4.79 Å². The van der Waals surface area contributed by atoms with Gasteiger partial charge in [0.25, 0.3) is 0 Å². The van der Waals surface area contributed by atoms with Gasteiger partial charge >= 0.3 is 5.97 Å². The van der Waals surface area contributed by atoms with Gasteiger partial charge in [0, 0.05) is 12.1 Å². The van der Waals surface area contributed by atoms with Gasteiger partial charge in [0.1, 0.15) is 11.6 Å². The third-order valence-corrected chi connectivity index (χ3v) is 3.32. The molecule has 0 aliphatic carbocycles. The SMILES string of the molecule is COC(=O)C(C)C(C)Nc1cc(Br)c(F)cc1F. The smallest absolute Gasteiger partial charge is 0.310 e. The fourth-order valence-electron chi connectivity index (χ4n) is 1.39. The highest BCUT2D eigenvalue weighted by Crippen LogP contribution is 2.25. The van der Waals surface area contributed by atoms with Crippen LogP contribution in [0, 0.1) is 17.6 Å². The molecule has 1 aromatic rings. The number of carbonyl (C=O) groups excluding carboxylic acids is 1. The Morgan fingerprint density at radius 1 is 1.33 bits per heavy atom. The molecule has 0 amide bonds. The number of esters is 1. The molecule has 2 unspecified atom stereocenters. The standard InChI is InChI=1S/C12H14BrF2NO2/c1-6(12(17)18-3)7(2)16-11-4-8(13)9(14)5-10(11)15/h4-7,16H,1-3H3. The zero-order chi connectivity index (χ0) is 13.9. The third kappa shape index (κ3) is 3.41. The molecule has 2 atom stereocenters. The zero-order valence-electron chi connectivity index (χ0n) is 10.3. The van der Waals surface area contributed by atoms with Gasteiger partial charge in [0.15, 0.2) is 0 Å². The molecule has 0 saturated heterocycles. The van der Waals surface area contributed by atoms with E-state index in [1.54, 1.807) is 13.8 Å². The lowest BCUT2D eigenvalue weighted by Gasteiger charge is -2.20. The molecule has 1 N–H and O–H groups in total. The van der Waals surface area contributed by atoms with Crippen molar-refractivity contribution in [2.45, 2.75) is 19.9 Å². The minimum Gasteiger partial charge on any atom is -0.469 e. The molecule has 6 heteroatoms. The second-order valence-corrected chi connectivity index (χ2v) is 4.85. The van der Waals surface area contributed by atoms with Crippen molar-refractivity contribution in [1.29, 1.82) is 0 Å². The number of halogens is 3. The lowest BCUT2D eigenvalue weighted by atomic mass is 10.0. The second-order valence-electron chi connectivity index (χ2n) is 3.99. The van der Waals surface area contributed by atoms with Crippen LogP contribution in [0.25, 0.3) is 0 Å². The summed E-state index contributed by atoms with van der Waals surface area (Å²) >= 11 is 2.98. The molecule has 0 saturated carbocycles. The van der Waals surface area contributed by atoms with Crippen molar-refractivity contribution >= 4 is 27.6 Å². The lowest BCUT2D eigenvalue weighted by molar-refractivity contribution is -0.145. The van der Waals surface area contributed by atoms with E-state index in [-0.39, 0.29) is 16.2 Å². The Morgan fingerprint density at radius 3 is 2.50 bits per heavy atom. The molecule has 18 heavy (non-hydrogen) atoms. The summed E-state index contributed by atoms with van der Waals surface area (Å²) in [5.41, 5.74) is 0.131. The molecule has 0 aliphatic heterocycles. The van der Waals surface area contributed by atoms with Crippen molar-refractivity contribution in [3.63, 3.8) is 0 Å². The van der Waals surface area contributed by atoms with Crippen molar-refractivity contribution in [3.8, 4) is 0 Å². The van der Waals surface area contributed by atoms with Crippen LogP contribution < -0.4 is 5.32 Å². The molecule has 0 spiro atoms. The van der Waals surface area contributed by atoms with Gasteiger partial charge in [0.2, 0.25) is 0 Å². The van der Waals surface area contributed by atoms with Crippen molar-refractivity contribution in [2.75, 3.05) is 12.4 Å². The van der Waals surface area contributed by atoms with Gasteiger partial charge in [-0.1, -0.05) is 0 Å². The van der Waals surface area contributed by atoms with Gasteiger partial charge in [0.05, 0.1) is 23.2 Å². The summed E-state index contributed by atoms with van der Waals surface area (Å²) in [5.74, 6) is -2.22. The molecule has 0 bridgehead atoms. The van der Waals surface area contributed by atoms with E-state index in [4.69, 9.17) is 0 Å².